The maximum atomic E-state index is 14.1. The largest absolute Gasteiger partial charge is 0.493 e. The zero-order valence-corrected chi connectivity index (χ0v) is 27.1. The third-order valence-electron chi connectivity index (χ3n) is 6.93. The van der Waals surface area contributed by atoms with Crippen LogP contribution in [0.5, 0.6) is 34.5 Å². The van der Waals surface area contributed by atoms with Gasteiger partial charge in [-0.3, -0.25) is 30.0 Å². The molecule has 17 heteroatoms. The molecule has 6 aromatic rings. The van der Waals surface area contributed by atoms with Crippen LogP contribution in [0, 0.1) is 37.7 Å². The Bertz CT molecular complexity index is 2280. The van der Waals surface area contributed by atoms with E-state index < -0.39 is 33.0 Å². The molecule has 0 aliphatic carbocycles. The maximum Gasteiger partial charge on any atom is 0.272 e. The summed E-state index contributed by atoms with van der Waals surface area (Å²) in [6.45, 7) is 0. The minimum Gasteiger partial charge on any atom is -0.493 e. The Morgan fingerprint density at radius 3 is 1.73 bits per heavy atom. The number of hydrogen-bond donors (Lipinski definition) is 1. The number of benzene rings is 4. The molecular weight excluding hydrogens is 681 g/mol. The predicted octanol–water partition coefficient (Wildman–Crippen LogP) is 7.51. The third-order valence-corrected chi connectivity index (χ3v) is 6.93. The molecule has 0 fully saturated rings. The molecule has 0 radical (unpaired) electrons. The Kier molecular flexibility index (Phi) is 11.9. The topological polar surface area (TPSA) is 178 Å². The van der Waals surface area contributed by atoms with Gasteiger partial charge in [0.05, 0.1) is 61.5 Å². The molecule has 0 saturated heterocycles. The second-order valence-electron chi connectivity index (χ2n) is 9.96. The lowest BCUT2D eigenvalue weighted by Crippen LogP contribution is -2.01. The molecule has 264 valence electrons. The molecule has 14 nitrogen and oxygen atoms in total. The number of halogens is 3. The maximum absolute atomic E-state index is 14.1. The smallest absolute Gasteiger partial charge is 0.272 e. The van der Waals surface area contributed by atoms with Crippen molar-refractivity contribution in [2.24, 2.45) is 0 Å². The number of rotatable bonds is 8. The van der Waals surface area contributed by atoms with E-state index in [0.717, 1.165) is 17.6 Å². The number of ether oxygens (including phenoxy) is 5. The number of pyridine rings is 2. The number of nitrogens with zero attached hydrogens (tertiary/aromatic N) is 3. The molecule has 4 aromatic carbocycles. The van der Waals surface area contributed by atoms with Crippen LogP contribution in [-0.4, -0.2) is 48.3 Å². The van der Waals surface area contributed by atoms with Gasteiger partial charge in [-0.25, -0.2) is 13.2 Å². The molecule has 6 rings (SSSR count). The molecule has 0 amide bonds. The molecule has 0 aliphatic heterocycles. The van der Waals surface area contributed by atoms with Gasteiger partial charge in [0.15, 0.2) is 51.6 Å². The van der Waals surface area contributed by atoms with E-state index >= 15 is 0 Å². The van der Waals surface area contributed by atoms with E-state index in [-0.39, 0.29) is 16.9 Å². The Balaban J connectivity index is 0.000000190. The molecule has 0 spiro atoms. The third kappa shape index (κ3) is 8.77. The summed E-state index contributed by atoms with van der Waals surface area (Å²) in [5, 5.41) is 21.8. The van der Waals surface area contributed by atoms with Crippen LogP contribution in [0.1, 0.15) is 0 Å². The van der Waals surface area contributed by atoms with Crippen molar-refractivity contribution in [2.75, 3.05) is 28.4 Å². The van der Waals surface area contributed by atoms with Crippen molar-refractivity contribution < 1.29 is 46.7 Å². The average molecular weight is 709 g/mol. The fourth-order valence-electron chi connectivity index (χ4n) is 4.44. The van der Waals surface area contributed by atoms with Crippen molar-refractivity contribution in [1.82, 2.24) is 9.97 Å². The van der Waals surface area contributed by atoms with E-state index in [9.17, 15) is 38.2 Å². The fourth-order valence-corrected chi connectivity index (χ4v) is 4.44. The number of hydrogen-bond acceptors (Lipinski definition) is 11. The van der Waals surface area contributed by atoms with Gasteiger partial charge in [-0.15, -0.1) is 0 Å². The van der Waals surface area contributed by atoms with Gasteiger partial charge in [0.1, 0.15) is 5.75 Å². The van der Waals surface area contributed by atoms with Crippen molar-refractivity contribution in [2.45, 2.75) is 0 Å². The van der Waals surface area contributed by atoms with Crippen molar-refractivity contribution in [3.8, 4) is 34.5 Å². The summed E-state index contributed by atoms with van der Waals surface area (Å²) in [6, 6.07) is 15.1. The quantitative estimate of drug-likeness (QED) is 0.122. The Labute approximate surface area is 285 Å². The molecule has 0 aliphatic rings. The summed E-state index contributed by atoms with van der Waals surface area (Å²) in [5.74, 6) is -0.798. The first-order chi connectivity index (χ1) is 24.4. The van der Waals surface area contributed by atoms with Crippen LogP contribution < -0.4 is 29.1 Å². The molecule has 2 aromatic heterocycles. The summed E-state index contributed by atoms with van der Waals surface area (Å²) >= 11 is 0. The average Bonchev–Trinajstić information content (AvgIpc) is 3.13. The van der Waals surface area contributed by atoms with Crippen LogP contribution in [0.25, 0.3) is 21.8 Å². The van der Waals surface area contributed by atoms with Gasteiger partial charge < -0.3 is 28.7 Å². The van der Waals surface area contributed by atoms with Crippen LogP contribution in [-0.2, 0) is 0 Å². The molecule has 1 N–H and O–H groups in total. The number of methoxy groups -OCH3 is 4. The fraction of sp³-hybridized carbons (Fsp3) is 0.118. The van der Waals surface area contributed by atoms with Crippen molar-refractivity contribution in [1.29, 1.82) is 0 Å². The number of aromatic nitrogens is 2. The highest BCUT2D eigenvalue weighted by atomic mass is 19.2. The summed E-state index contributed by atoms with van der Waals surface area (Å²) < 4.78 is 64.8. The van der Waals surface area contributed by atoms with Crippen molar-refractivity contribution in [3.05, 3.63) is 133 Å². The first kappa shape index (κ1) is 36.9. The zero-order chi connectivity index (χ0) is 37.2. The highest BCUT2D eigenvalue weighted by Crippen LogP contribution is 2.37. The van der Waals surface area contributed by atoms with Crippen LogP contribution >= 0.6 is 0 Å². The summed E-state index contributed by atoms with van der Waals surface area (Å²) in [7, 11) is 6.11. The number of non-ortho nitro benzene ring substituents is 2. The zero-order valence-electron chi connectivity index (χ0n) is 27.1. The molecule has 2 heterocycles. The minimum absolute atomic E-state index is 0.0373. The Hall–Kier alpha value is -6.91. The number of nitro benzene ring substituents is 2. The van der Waals surface area contributed by atoms with E-state index in [4.69, 9.17) is 23.7 Å². The van der Waals surface area contributed by atoms with E-state index in [0.29, 0.717) is 57.2 Å². The van der Waals surface area contributed by atoms with Gasteiger partial charge in [0.25, 0.3) is 11.4 Å². The molecule has 0 saturated carbocycles. The van der Waals surface area contributed by atoms with Gasteiger partial charge >= 0.3 is 0 Å². The Morgan fingerprint density at radius 1 is 0.608 bits per heavy atom. The van der Waals surface area contributed by atoms with E-state index in [1.54, 1.807) is 50.7 Å². The lowest BCUT2D eigenvalue weighted by Gasteiger charge is -2.12. The standard InChI is InChI=1S/C17H13FN2O5.C11H11NO3.C6H3F2NO2/c1-23-16-8-11-13(9-17(16)24-2)19-6-5-14(11)25-15-4-3-10(20(21)22)7-12(15)18;1-14-10-5-7-8(6-11(10)15-2)12-4-3-9(7)13;7-5-2-1-4(9(10)11)3-6(5)8/h3-9H,1-2H3;3-6H,1-2H3,(H,12,13);1-3H. The second kappa shape index (κ2) is 16.5. The summed E-state index contributed by atoms with van der Waals surface area (Å²) in [6.07, 6.45) is 3.11. The van der Waals surface area contributed by atoms with E-state index in [2.05, 4.69) is 9.97 Å². The van der Waals surface area contributed by atoms with Gasteiger partial charge in [0, 0.05) is 53.5 Å². The first-order valence-electron chi connectivity index (χ1n) is 14.4. The Morgan fingerprint density at radius 2 is 1.16 bits per heavy atom. The van der Waals surface area contributed by atoms with Crippen LogP contribution in [0.3, 0.4) is 0 Å². The molecule has 51 heavy (non-hydrogen) atoms. The normalized spacial score (nSPS) is 10.3. The summed E-state index contributed by atoms with van der Waals surface area (Å²) in [5.41, 5.74) is 0.460. The number of nitrogens with one attached hydrogen (secondary N) is 1. The molecule has 0 unspecified atom stereocenters. The van der Waals surface area contributed by atoms with Crippen molar-refractivity contribution >= 4 is 33.2 Å². The number of nitro groups is 2. The lowest BCUT2D eigenvalue weighted by molar-refractivity contribution is -0.385. The van der Waals surface area contributed by atoms with E-state index in [1.165, 1.54) is 38.6 Å². The molecule has 0 atom stereocenters. The van der Waals surface area contributed by atoms with E-state index in [1.807, 2.05) is 0 Å². The van der Waals surface area contributed by atoms with Crippen LogP contribution in [0.15, 0.2) is 90.0 Å². The number of H-pyrrole nitrogens is 1. The van der Waals surface area contributed by atoms with Gasteiger partial charge in [0.2, 0.25) is 0 Å². The SMILES string of the molecule is COc1cc2[nH]ccc(=O)c2cc1OC.COc1cc2nccc(Oc3ccc([N+](=O)[O-])cc3F)c2cc1OC.O=[N+]([O-])c1ccc(F)c(F)c1. The molecule has 0 bridgehead atoms. The highest BCUT2D eigenvalue weighted by Gasteiger charge is 2.16. The summed E-state index contributed by atoms with van der Waals surface area (Å²) in [4.78, 5) is 38.0. The monoisotopic (exact) mass is 708 g/mol. The first-order valence-corrected chi connectivity index (χ1v) is 14.4. The van der Waals surface area contributed by atoms with Crippen LogP contribution in [0.4, 0.5) is 24.5 Å². The van der Waals surface area contributed by atoms with Gasteiger partial charge in [-0.2, -0.15) is 0 Å². The number of aromatic amines is 1. The van der Waals surface area contributed by atoms with Gasteiger partial charge in [-0.1, -0.05) is 0 Å². The van der Waals surface area contributed by atoms with Crippen molar-refractivity contribution in [3.63, 3.8) is 0 Å². The predicted molar refractivity (Wildman–Crippen MR) is 179 cm³/mol. The number of fused-ring (bicyclic) bond motifs is 2. The molecular formula is C34H27F3N4O10. The van der Waals surface area contributed by atoms with Gasteiger partial charge in [-0.05, 0) is 30.3 Å². The van der Waals surface area contributed by atoms with Crippen LogP contribution in [0.2, 0.25) is 0 Å². The lowest BCUT2D eigenvalue weighted by atomic mass is 10.2. The second-order valence-corrected chi connectivity index (χ2v) is 9.96. The highest BCUT2D eigenvalue weighted by molar-refractivity contribution is 5.88. The minimum atomic E-state index is -1.21.